The maximum absolute atomic E-state index is 10.6. The summed E-state index contributed by atoms with van der Waals surface area (Å²) in [4.78, 5) is 16.7. The normalized spacial score (nSPS) is 10.5. The number of hydrogen-bond donors (Lipinski definition) is 1. The second-order valence-electron chi connectivity index (χ2n) is 4.09. The largest absolute Gasteiger partial charge is 0.481 e. The average Bonchev–Trinajstić information content (AvgIpc) is 2.20. The Kier molecular flexibility index (Phi) is 4.28. The Hall–Kier alpha value is -1.58. The molecule has 0 spiro atoms. The third kappa shape index (κ3) is 3.22. The zero-order chi connectivity index (χ0) is 12.1. The van der Waals surface area contributed by atoms with Gasteiger partial charge in [0.25, 0.3) is 0 Å². The first kappa shape index (κ1) is 12.5. The van der Waals surface area contributed by atoms with Crippen LogP contribution in [0.4, 0.5) is 5.69 Å². The van der Waals surface area contributed by atoms with Gasteiger partial charge >= 0.3 is 5.97 Å². The summed E-state index contributed by atoms with van der Waals surface area (Å²) in [5, 5.41) is 8.72. The molecule has 4 nitrogen and oxygen atoms in total. The lowest BCUT2D eigenvalue weighted by molar-refractivity contribution is -0.136. The number of carbonyl (C=O) groups is 1. The summed E-state index contributed by atoms with van der Waals surface area (Å²) in [6.45, 7) is 6.62. The molecule has 0 radical (unpaired) electrons. The molecule has 0 atom stereocenters. The van der Waals surface area contributed by atoms with Crippen molar-refractivity contribution in [3.8, 4) is 0 Å². The van der Waals surface area contributed by atoms with E-state index in [1.165, 1.54) is 0 Å². The summed E-state index contributed by atoms with van der Waals surface area (Å²) < 4.78 is 0. The van der Waals surface area contributed by atoms with Crippen molar-refractivity contribution in [3.05, 3.63) is 24.0 Å². The fraction of sp³-hybridized carbons (Fsp3) is 0.500. The fourth-order valence-corrected chi connectivity index (χ4v) is 1.66. The van der Waals surface area contributed by atoms with Crippen LogP contribution in [0, 0.1) is 6.92 Å². The number of aryl methyl sites for hydroxylation is 1. The van der Waals surface area contributed by atoms with Gasteiger partial charge in [-0.2, -0.15) is 0 Å². The second kappa shape index (κ2) is 5.49. The van der Waals surface area contributed by atoms with Crippen LogP contribution >= 0.6 is 0 Å². The number of rotatable bonds is 5. The highest BCUT2D eigenvalue weighted by atomic mass is 16.4. The Balaban J connectivity index is 2.85. The number of anilines is 1. The molecule has 1 aromatic heterocycles. The topological polar surface area (TPSA) is 53.4 Å². The molecular weight excluding hydrogens is 204 g/mol. The van der Waals surface area contributed by atoms with Gasteiger partial charge in [-0.3, -0.25) is 9.78 Å². The van der Waals surface area contributed by atoms with Crippen LogP contribution in [0.25, 0.3) is 0 Å². The quantitative estimate of drug-likeness (QED) is 0.828. The van der Waals surface area contributed by atoms with E-state index in [1.807, 2.05) is 13.0 Å². The van der Waals surface area contributed by atoms with Gasteiger partial charge in [0, 0.05) is 30.7 Å². The van der Waals surface area contributed by atoms with E-state index in [4.69, 9.17) is 5.11 Å². The zero-order valence-corrected chi connectivity index (χ0v) is 9.97. The molecule has 0 aliphatic heterocycles. The third-order valence-electron chi connectivity index (χ3n) is 2.49. The van der Waals surface area contributed by atoms with Crippen molar-refractivity contribution >= 4 is 11.7 Å². The van der Waals surface area contributed by atoms with Crippen LogP contribution in [0.2, 0.25) is 0 Å². The summed E-state index contributed by atoms with van der Waals surface area (Å²) in [7, 11) is 0. The number of aromatic nitrogens is 1. The number of pyridine rings is 1. The number of carboxylic acids is 1. The molecule has 16 heavy (non-hydrogen) atoms. The molecule has 0 fully saturated rings. The lowest BCUT2D eigenvalue weighted by atomic mass is 10.2. The summed E-state index contributed by atoms with van der Waals surface area (Å²) in [5.41, 5.74) is 2.13. The molecule has 0 saturated carbocycles. The predicted octanol–water partition coefficient (Wildman–Crippen LogP) is 2.08. The zero-order valence-electron chi connectivity index (χ0n) is 9.97. The van der Waals surface area contributed by atoms with Crippen LogP contribution in [0.3, 0.4) is 0 Å². The lowest BCUT2D eigenvalue weighted by Gasteiger charge is -2.29. The van der Waals surface area contributed by atoms with E-state index < -0.39 is 5.97 Å². The van der Waals surface area contributed by atoms with Crippen LogP contribution in [0.5, 0.6) is 0 Å². The minimum Gasteiger partial charge on any atom is -0.481 e. The maximum Gasteiger partial charge on any atom is 0.305 e. The highest BCUT2D eigenvalue weighted by Gasteiger charge is 2.13. The Labute approximate surface area is 95.9 Å². The molecule has 88 valence electrons. The molecule has 1 rings (SSSR count). The number of hydrogen-bond acceptors (Lipinski definition) is 3. The van der Waals surface area contributed by atoms with Gasteiger partial charge in [-0.05, 0) is 32.4 Å². The molecule has 0 saturated heterocycles. The van der Waals surface area contributed by atoms with Crippen molar-refractivity contribution in [2.24, 2.45) is 0 Å². The van der Waals surface area contributed by atoms with E-state index in [9.17, 15) is 4.79 Å². The van der Waals surface area contributed by atoms with Gasteiger partial charge in [0.1, 0.15) is 0 Å². The van der Waals surface area contributed by atoms with Crippen molar-refractivity contribution in [2.75, 3.05) is 11.4 Å². The first-order valence-electron chi connectivity index (χ1n) is 5.41. The summed E-state index contributed by atoms with van der Waals surface area (Å²) in [6, 6.07) is 2.21. The lowest BCUT2D eigenvalue weighted by Crippen LogP contribution is -2.33. The molecule has 0 bridgehead atoms. The van der Waals surface area contributed by atoms with Gasteiger partial charge in [-0.25, -0.2) is 0 Å². The SMILES string of the molecule is Cc1cnccc1N(CCC(=O)O)C(C)C. The van der Waals surface area contributed by atoms with Crippen molar-refractivity contribution in [1.82, 2.24) is 4.98 Å². The minimum absolute atomic E-state index is 0.153. The second-order valence-corrected chi connectivity index (χ2v) is 4.09. The van der Waals surface area contributed by atoms with Crippen molar-refractivity contribution in [1.29, 1.82) is 0 Å². The van der Waals surface area contributed by atoms with Gasteiger partial charge in [0.15, 0.2) is 0 Å². The minimum atomic E-state index is -0.766. The smallest absolute Gasteiger partial charge is 0.305 e. The van der Waals surface area contributed by atoms with E-state index >= 15 is 0 Å². The first-order valence-corrected chi connectivity index (χ1v) is 5.41. The van der Waals surface area contributed by atoms with Crippen LogP contribution < -0.4 is 4.90 Å². The molecule has 0 amide bonds. The van der Waals surface area contributed by atoms with E-state index in [1.54, 1.807) is 12.4 Å². The van der Waals surface area contributed by atoms with Crippen molar-refractivity contribution in [2.45, 2.75) is 33.2 Å². The molecule has 1 heterocycles. The molecule has 0 aliphatic carbocycles. The number of aliphatic carboxylic acids is 1. The Morgan fingerprint density at radius 1 is 1.56 bits per heavy atom. The van der Waals surface area contributed by atoms with Gasteiger partial charge in [-0.15, -0.1) is 0 Å². The van der Waals surface area contributed by atoms with Gasteiger partial charge < -0.3 is 10.0 Å². The van der Waals surface area contributed by atoms with Crippen LogP contribution in [-0.4, -0.2) is 28.6 Å². The van der Waals surface area contributed by atoms with Gasteiger partial charge in [0.05, 0.1) is 6.42 Å². The highest BCUT2D eigenvalue weighted by molar-refractivity contribution is 5.68. The highest BCUT2D eigenvalue weighted by Crippen LogP contribution is 2.20. The summed E-state index contributed by atoms with van der Waals surface area (Å²) in [6.07, 6.45) is 3.68. The number of nitrogens with zero attached hydrogens (tertiary/aromatic N) is 2. The monoisotopic (exact) mass is 222 g/mol. The average molecular weight is 222 g/mol. The summed E-state index contributed by atoms with van der Waals surface area (Å²) in [5.74, 6) is -0.766. The predicted molar refractivity (Wildman–Crippen MR) is 63.7 cm³/mol. The van der Waals surface area contributed by atoms with E-state index in [0.717, 1.165) is 11.3 Å². The van der Waals surface area contributed by atoms with Crippen LogP contribution in [-0.2, 0) is 4.79 Å². The first-order chi connectivity index (χ1) is 7.52. The molecule has 4 heteroatoms. The van der Waals surface area contributed by atoms with E-state index in [2.05, 4.69) is 23.7 Å². The standard InChI is InChI=1S/C12H18N2O2/c1-9(2)14(7-5-12(15)16)11-4-6-13-8-10(11)3/h4,6,8-9H,5,7H2,1-3H3,(H,15,16). The molecule has 1 N–H and O–H groups in total. The van der Waals surface area contributed by atoms with Crippen LogP contribution in [0.15, 0.2) is 18.5 Å². The third-order valence-corrected chi connectivity index (χ3v) is 2.49. The van der Waals surface area contributed by atoms with Crippen LogP contribution in [0.1, 0.15) is 25.8 Å². The fourth-order valence-electron chi connectivity index (χ4n) is 1.66. The molecule has 1 aromatic rings. The molecule has 0 unspecified atom stereocenters. The Bertz CT molecular complexity index is 364. The summed E-state index contributed by atoms with van der Waals surface area (Å²) >= 11 is 0. The van der Waals surface area contributed by atoms with Gasteiger partial charge in [0.2, 0.25) is 0 Å². The molecular formula is C12H18N2O2. The van der Waals surface area contributed by atoms with Crippen molar-refractivity contribution < 1.29 is 9.90 Å². The Morgan fingerprint density at radius 3 is 2.75 bits per heavy atom. The maximum atomic E-state index is 10.6. The van der Waals surface area contributed by atoms with E-state index in [-0.39, 0.29) is 12.5 Å². The van der Waals surface area contributed by atoms with Crippen molar-refractivity contribution in [3.63, 3.8) is 0 Å². The molecule has 0 aliphatic rings. The Morgan fingerprint density at radius 2 is 2.25 bits per heavy atom. The van der Waals surface area contributed by atoms with E-state index in [0.29, 0.717) is 6.54 Å². The molecule has 0 aromatic carbocycles. The van der Waals surface area contributed by atoms with Gasteiger partial charge in [-0.1, -0.05) is 0 Å². The number of carboxylic acid groups (broad SMARTS) is 1.